The number of hydrogen-bond donors (Lipinski definition) is 1. The van der Waals surface area contributed by atoms with Gasteiger partial charge in [-0.2, -0.15) is 0 Å². The van der Waals surface area contributed by atoms with E-state index in [0.717, 1.165) is 13.1 Å². The molecule has 0 amide bonds. The highest BCUT2D eigenvalue weighted by Crippen LogP contribution is 2.34. The van der Waals surface area contributed by atoms with Gasteiger partial charge in [-0.1, -0.05) is 0 Å². The molecular weight excluding hydrogens is 180 g/mol. The molecule has 1 aromatic heterocycles. The number of nitrogens with one attached hydrogen (secondary N) is 1. The summed E-state index contributed by atoms with van der Waals surface area (Å²) in [6, 6.07) is 2.98. The Kier molecular flexibility index (Phi) is 1.89. The van der Waals surface area contributed by atoms with Crippen LogP contribution in [0.2, 0.25) is 0 Å². The SMILES string of the molecule is c1cc2c(s1)[C@@H]1CNCCN1CC2. The highest BCUT2D eigenvalue weighted by atomic mass is 32.1. The smallest absolute Gasteiger partial charge is 0.0569 e. The first kappa shape index (κ1) is 7.97. The first-order valence-corrected chi connectivity index (χ1v) is 5.84. The Hall–Kier alpha value is -0.380. The minimum absolute atomic E-state index is 0.678. The summed E-state index contributed by atoms with van der Waals surface area (Å²) in [6.45, 7) is 4.79. The number of piperazine rings is 1. The van der Waals surface area contributed by atoms with Crippen LogP contribution in [0, 0.1) is 0 Å². The lowest BCUT2D eigenvalue weighted by molar-refractivity contribution is 0.155. The highest BCUT2D eigenvalue weighted by Gasteiger charge is 2.29. The van der Waals surface area contributed by atoms with Crippen LogP contribution in [0.15, 0.2) is 11.4 Å². The summed E-state index contributed by atoms with van der Waals surface area (Å²) in [6.07, 6.45) is 1.26. The van der Waals surface area contributed by atoms with E-state index in [2.05, 4.69) is 21.7 Å². The lowest BCUT2D eigenvalue weighted by Gasteiger charge is -2.39. The second-order valence-electron chi connectivity index (χ2n) is 3.82. The molecule has 3 heteroatoms. The van der Waals surface area contributed by atoms with Gasteiger partial charge >= 0.3 is 0 Å². The van der Waals surface area contributed by atoms with Gasteiger partial charge in [0.25, 0.3) is 0 Å². The molecule has 3 heterocycles. The van der Waals surface area contributed by atoms with Gasteiger partial charge in [-0.25, -0.2) is 0 Å². The molecule has 0 saturated carbocycles. The van der Waals surface area contributed by atoms with Crippen LogP contribution in [0.5, 0.6) is 0 Å². The zero-order valence-corrected chi connectivity index (χ0v) is 8.44. The molecule has 0 aliphatic carbocycles. The third-order valence-corrected chi connectivity index (χ3v) is 4.17. The summed E-state index contributed by atoms with van der Waals surface area (Å²) in [5, 5.41) is 5.72. The monoisotopic (exact) mass is 194 g/mol. The molecule has 2 aliphatic heterocycles. The quantitative estimate of drug-likeness (QED) is 0.668. The van der Waals surface area contributed by atoms with E-state index in [-0.39, 0.29) is 0 Å². The van der Waals surface area contributed by atoms with Crippen LogP contribution in [0.3, 0.4) is 0 Å². The molecule has 1 N–H and O–H groups in total. The van der Waals surface area contributed by atoms with E-state index < -0.39 is 0 Å². The number of hydrogen-bond acceptors (Lipinski definition) is 3. The molecule has 1 atom stereocenters. The molecule has 1 fully saturated rings. The molecule has 0 radical (unpaired) electrons. The molecule has 3 rings (SSSR count). The van der Waals surface area contributed by atoms with Crippen molar-refractivity contribution in [3.63, 3.8) is 0 Å². The molecule has 0 aromatic carbocycles. The van der Waals surface area contributed by atoms with Crippen LogP contribution < -0.4 is 5.32 Å². The second-order valence-corrected chi connectivity index (χ2v) is 4.76. The minimum atomic E-state index is 0.678. The average molecular weight is 194 g/mol. The van der Waals surface area contributed by atoms with Gasteiger partial charge < -0.3 is 5.32 Å². The third-order valence-electron chi connectivity index (χ3n) is 3.11. The fourth-order valence-electron chi connectivity index (χ4n) is 2.38. The van der Waals surface area contributed by atoms with Gasteiger partial charge in [0.1, 0.15) is 0 Å². The van der Waals surface area contributed by atoms with Crippen LogP contribution in [0.25, 0.3) is 0 Å². The van der Waals surface area contributed by atoms with Crippen molar-refractivity contribution >= 4 is 11.3 Å². The van der Waals surface area contributed by atoms with Crippen LogP contribution in [0.1, 0.15) is 16.5 Å². The maximum Gasteiger partial charge on any atom is 0.0569 e. The lowest BCUT2D eigenvalue weighted by Crippen LogP contribution is -2.48. The fourth-order valence-corrected chi connectivity index (χ4v) is 3.47. The van der Waals surface area contributed by atoms with E-state index >= 15 is 0 Å². The number of rotatable bonds is 0. The van der Waals surface area contributed by atoms with Crippen LogP contribution in [-0.4, -0.2) is 31.1 Å². The van der Waals surface area contributed by atoms with E-state index in [4.69, 9.17) is 0 Å². The van der Waals surface area contributed by atoms with Crippen molar-refractivity contribution in [2.24, 2.45) is 0 Å². The maximum atomic E-state index is 3.48. The van der Waals surface area contributed by atoms with Crippen molar-refractivity contribution in [1.29, 1.82) is 0 Å². The van der Waals surface area contributed by atoms with Crippen molar-refractivity contribution in [3.05, 3.63) is 21.9 Å². The molecule has 1 saturated heterocycles. The van der Waals surface area contributed by atoms with Gasteiger partial charge in [-0.15, -0.1) is 11.3 Å². The summed E-state index contributed by atoms with van der Waals surface area (Å²) in [5.41, 5.74) is 1.59. The fraction of sp³-hybridized carbons (Fsp3) is 0.600. The average Bonchev–Trinajstić information content (AvgIpc) is 2.65. The maximum absolute atomic E-state index is 3.48. The second kappa shape index (κ2) is 3.08. The first-order chi connectivity index (χ1) is 6.45. The Labute approximate surface area is 82.6 Å². The molecule has 13 heavy (non-hydrogen) atoms. The highest BCUT2D eigenvalue weighted by molar-refractivity contribution is 7.10. The number of thiophene rings is 1. The lowest BCUT2D eigenvalue weighted by atomic mass is 10.0. The van der Waals surface area contributed by atoms with Crippen LogP contribution in [-0.2, 0) is 6.42 Å². The van der Waals surface area contributed by atoms with Crippen molar-refractivity contribution < 1.29 is 0 Å². The first-order valence-electron chi connectivity index (χ1n) is 4.96. The normalized spacial score (nSPS) is 28.2. The van der Waals surface area contributed by atoms with Gasteiger partial charge in [0.2, 0.25) is 0 Å². The largest absolute Gasteiger partial charge is 0.314 e. The number of nitrogens with zero attached hydrogens (tertiary/aromatic N) is 1. The summed E-state index contributed by atoms with van der Waals surface area (Å²) < 4.78 is 0. The topological polar surface area (TPSA) is 15.3 Å². The third kappa shape index (κ3) is 1.23. The van der Waals surface area contributed by atoms with Crippen molar-refractivity contribution in [1.82, 2.24) is 10.2 Å². The van der Waals surface area contributed by atoms with Gasteiger partial charge in [0.15, 0.2) is 0 Å². The van der Waals surface area contributed by atoms with E-state index in [9.17, 15) is 0 Å². The molecule has 0 bridgehead atoms. The Morgan fingerprint density at radius 1 is 1.46 bits per heavy atom. The van der Waals surface area contributed by atoms with Gasteiger partial charge in [0, 0.05) is 31.1 Å². The van der Waals surface area contributed by atoms with E-state index in [1.54, 1.807) is 10.4 Å². The zero-order valence-electron chi connectivity index (χ0n) is 7.62. The molecule has 0 unspecified atom stereocenters. The Bertz CT molecular complexity index is 308. The van der Waals surface area contributed by atoms with Crippen molar-refractivity contribution in [3.8, 4) is 0 Å². The Morgan fingerprint density at radius 3 is 3.46 bits per heavy atom. The van der Waals surface area contributed by atoms with Crippen molar-refractivity contribution in [2.75, 3.05) is 26.2 Å². The minimum Gasteiger partial charge on any atom is -0.314 e. The Morgan fingerprint density at radius 2 is 2.46 bits per heavy atom. The summed E-state index contributed by atoms with van der Waals surface area (Å²) in [5.74, 6) is 0. The standard InChI is InChI=1S/C10H14N2S/c1-4-12-5-3-11-7-9(12)10-8(1)2-6-13-10/h2,6,9,11H,1,3-5,7H2/t9-/m0/s1. The summed E-state index contributed by atoms with van der Waals surface area (Å²) >= 11 is 1.93. The van der Waals surface area contributed by atoms with E-state index in [0.29, 0.717) is 6.04 Å². The molecule has 0 spiro atoms. The van der Waals surface area contributed by atoms with Gasteiger partial charge in [-0.05, 0) is 23.4 Å². The molecular formula is C10H14N2S. The summed E-state index contributed by atoms with van der Waals surface area (Å²) in [7, 11) is 0. The predicted molar refractivity (Wildman–Crippen MR) is 55.2 cm³/mol. The van der Waals surface area contributed by atoms with Gasteiger partial charge in [0.05, 0.1) is 6.04 Å². The zero-order chi connectivity index (χ0) is 8.67. The summed E-state index contributed by atoms with van der Waals surface area (Å²) in [4.78, 5) is 4.23. The van der Waals surface area contributed by atoms with Crippen LogP contribution >= 0.6 is 11.3 Å². The molecule has 1 aromatic rings. The van der Waals surface area contributed by atoms with E-state index in [1.807, 2.05) is 11.3 Å². The number of fused-ring (bicyclic) bond motifs is 3. The molecule has 2 aliphatic rings. The van der Waals surface area contributed by atoms with Crippen molar-refractivity contribution in [2.45, 2.75) is 12.5 Å². The van der Waals surface area contributed by atoms with Crippen LogP contribution in [0.4, 0.5) is 0 Å². The van der Waals surface area contributed by atoms with Gasteiger partial charge in [-0.3, -0.25) is 4.90 Å². The Balaban J connectivity index is 1.97. The predicted octanol–water partition coefficient (Wildman–Crippen LogP) is 1.25. The molecule has 2 nitrogen and oxygen atoms in total. The molecule has 70 valence electrons. The van der Waals surface area contributed by atoms with E-state index in [1.165, 1.54) is 19.5 Å².